The van der Waals surface area contributed by atoms with Crippen LogP contribution in [-0.2, 0) is 0 Å². The fourth-order valence-electron chi connectivity index (χ4n) is 3.05. The molecular formula is C11H21N. The van der Waals surface area contributed by atoms with Crippen molar-refractivity contribution >= 4 is 0 Å². The van der Waals surface area contributed by atoms with Crippen LogP contribution < -0.4 is 0 Å². The Hall–Kier alpha value is -0.0400. The Kier molecular flexibility index (Phi) is 2.40. The molecule has 0 aromatic carbocycles. The van der Waals surface area contributed by atoms with Gasteiger partial charge in [-0.25, -0.2) is 0 Å². The Bertz CT molecular complexity index is 153. The van der Waals surface area contributed by atoms with Crippen LogP contribution in [0.4, 0.5) is 0 Å². The summed E-state index contributed by atoms with van der Waals surface area (Å²) in [5.74, 6) is 1.04. The molecule has 0 bridgehead atoms. The fourth-order valence-corrected chi connectivity index (χ4v) is 3.05. The summed E-state index contributed by atoms with van der Waals surface area (Å²) in [4.78, 5) is 2.63. The second kappa shape index (κ2) is 3.37. The average molecular weight is 167 g/mol. The number of rotatable bonds is 0. The number of nitrogens with zero attached hydrogens (tertiary/aromatic N) is 1. The van der Waals surface area contributed by atoms with E-state index in [2.05, 4.69) is 18.9 Å². The van der Waals surface area contributed by atoms with Crippen molar-refractivity contribution in [3.63, 3.8) is 0 Å². The number of hydrogen-bond donors (Lipinski definition) is 0. The van der Waals surface area contributed by atoms with Gasteiger partial charge in [0.25, 0.3) is 0 Å². The summed E-state index contributed by atoms with van der Waals surface area (Å²) in [5.41, 5.74) is 0. The Morgan fingerprint density at radius 1 is 1.00 bits per heavy atom. The van der Waals surface area contributed by atoms with Crippen molar-refractivity contribution < 1.29 is 0 Å². The highest BCUT2D eigenvalue weighted by molar-refractivity contribution is 4.88. The molecule has 0 spiro atoms. The third-order valence-electron chi connectivity index (χ3n) is 4.04. The van der Waals surface area contributed by atoms with Crippen molar-refractivity contribution in [2.75, 3.05) is 7.05 Å². The molecule has 12 heavy (non-hydrogen) atoms. The summed E-state index contributed by atoms with van der Waals surface area (Å²) in [6, 6.07) is 1.77. The molecule has 1 saturated heterocycles. The molecule has 2 rings (SSSR count). The maximum absolute atomic E-state index is 2.63. The zero-order valence-electron chi connectivity index (χ0n) is 8.42. The molecule has 0 aromatic heterocycles. The van der Waals surface area contributed by atoms with E-state index in [9.17, 15) is 0 Å². The van der Waals surface area contributed by atoms with Gasteiger partial charge in [0.15, 0.2) is 0 Å². The van der Waals surface area contributed by atoms with Gasteiger partial charge in [-0.15, -0.1) is 0 Å². The standard InChI is InChI=1S/C11H21N/c1-9-7-8-10-5-3-4-6-11(10)12(9)2/h9-11H,3-8H2,1-2H3/t9-,10+,11+/m1/s1. The molecule has 1 aliphatic carbocycles. The smallest absolute Gasteiger partial charge is 0.0123 e. The van der Waals surface area contributed by atoms with Crippen LogP contribution in [0.3, 0.4) is 0 Å². The highest BCUT2D eigenvalue weighted by Gasteiger charge is 2.34. The largest absolute Gasteiger partial charge is 0.300 e. The Morgan fingerprint density at radius 3 is 2.58 bits per heavy atom. The Labute approximate surface area is 76.1 Å². The lowest BCUT2D eigenvalue weighted by molar-refractivity contribution is 0.0447. The molecule has 1 heteroatoms. The van der Waals surface area contributed by atoms with Crippen molar-refractivity contribution in [1.29, 1.82) is 0 Å². The van der Waals surface area contributed by atoms with Gasteiger partial charge in [0.05, 0.1) is 0 Å². The van der Waals surface area contributed by atoms with Crippen molar-refractivity contribution in [3.05, 3.63) is 0 Å². The lowest BCUT2D eigenvalue weighted by Gasteiger charge is -2.45. The molecule has 0 unspecified atom stereocenters. The van der Waals surface area contributed by atoms with E-state index in [4.69, 9.17) is 0 Å². The number of fused-ring (bicyclic) bond motifs is 1. The quantitative estimate of drug-likeness (QED) is 0.536. The van der Waals surface area contributed by atoms with Crippen LogP contribution in [0.15, 0.2) is 0 Å². The molecule has 1 heterocycles. The van der Waals surface area contributed by atoms with Gasteiger partial charge in [-0.2, -0.15) is 0 Å². The molecule has 1 saturated carbocycles. The zero-order chi connectivity index (χ0) is 8.55. The van der Waals surface area contributed by atoms with Crippen LogP contribution >= 0.6 is 0 Å². The first-order valence-corrected chi connectivity index (χ1v) is 5.51. The zero-order valence-corrected chi connectivity index (χ0v) is 8.42. The normalized spacial score (nSPS) is 44.0. The van der Waals surface area contributed by atoms with Gasteiger partial charge >= 0.3 is 0 Å². The van der Waals surface area contributed by atoms with E-state index in [-0.39, 0.29) is 0 Å². The maximum Gasteiger partial charge on any atom is 0.0123 e. The highest BCUT2D eigenvalue weighted by atomic mass is 15.2. The van der Waals surface area contributed by atoms with Crippen LogP contribution in [0.25, 0.3) is 0 Å². The molecule has 2 aliphatic rings. The summed E-state index contributed by atoms with van der Waals surface area (Å²) in [6.45, 7) is 2.38. The molecule has 3 atom stereocenters. The van der Waals surface area contributed by atoms with Crippen molar-refractivity contribution in [3.8, 4) is 0 Å². The molecule has 1 nitrogen and oxygen atoms in total. The van der Waals surface area contributed by atoms with Crippen LogP contribution in [0, 0.1) is 5.92 Å². The molecule has 0 N–H and O–H groups in total. The van der Waals surface area contributed by atoms with E-state index >= 15 is 0 Å². The number of hydrogen-bond acceptors (Lipinski definition) is 1. The summed E-state index contributed by atoms with van der Waals surface area (Å²) < 4.78 is 0. The molecule has 1 aliphatic heterocycles. The summed E-state index contributed by atoms with van der Waals surface area (Å²) in [7, 11) is 2.33. The van der Waals surface area contributed by atoms with Crippen LogP contribution in [0.2, 0.25) is 0 Å². The first kappa shape index (κ1) is 8.55. The first-order chi connectivity index (χ1) is 5.79. The van der Waals surface area contributed by atoms with E-state index < -0.39 is 0 Å². The minimum Gasteiger partial charge on any atom is -0.300 e. The minimum atomic E-state index is 0.837. The number of piperidine rings is 1. The molecule has 2 fully saturated rings. The maximum atomic E-state index is 2.63. The second-order valence-corrected chi connectivity index (χ2v) is 4.70. The van der Waals surface area contributed by atoms with Crippen LogP contribution in [0.5, 0.6) is 0 Å². The van der Waals surface area contributed by atoms with Gasteiger partial charge in [0, 0.05) is 12.1 Å². The van der Waals surface area contributed by atoms with Crippen LogP contribution in [-0.4, -0.2) is 24.0 Å². The third-order valence-corrected chi connectivity index (χ3v) is 4.04. The summed E-state index contributed by atoms with van der Waals surface area (Å²) in [5, 5.41) is 0. The molecule has 70 valence electrons. The van der Waals surface area contributed by atoms with E-state index in [1.54, 1.807) is 0 Å². The van der Waals surface area contributed by atoms with Gasteiger partial charge in [-0.05, 0) is 45.6 Å². The Balaban J connectivity index is 2.03. The SMILES string of the molecule is C[C@@H]1CC[C@@H]2CCCC[C@@H]2N1C. The Morgan fingerprint density at radius 2 is 1.75 bits per heavy atom. The fraction of sp³-hybridized carbons (Fsp3) is 1.00. The van der Waals surface area contributed by atoms with Gasteiger partial charge in [0.1, 0.15) is 0 Å². The monoisotopic (exact) mass is 167 g/mol. The van der Waals surface area contributed by atoms with Crippen molar-refractivity contribution in [2.45, 2.75) is 57.5 Å². The lowest BCUT2D eigenvalue weighted by atomic mass is 9.77. The molecule has 0 aromatic rings. The van der Waals surface area contributed by atoms with E-state index in [0.29, 0.717) is 0 Å². The first-order valence-electron chi connectivity index (χ1n) is 5.51. The summed E-state index contributed by atoms with van der Waals surface area (Å²) >= 11 is 0. The molecule has 0 radical (unpaired) electrons. The number of likely N-dealkylation sites (tertiary alicyclic amines) is 1. The van der Waals surface area contributed by atoms with Crippen LogP contribution in [0.1, 0.15) is 45.4 Å². The lowest BCUT2D eigenvalue weighted by Crippen LogP contribution is -2.48. The predicted molar refractivity (Wildman–Crippen MR) is 52.2 cm³/mol. The van der Waals surface area contributed by atoms with E-state index in [0.717, 1.165) is 18.0 Å². The molecular weight excluding hydrogens is 146 g/mol. The highest BCUT2D eigenvalue weighted by Crippen LogP contribution is 2.36. The average Bonchev–Trinajstić information content (AvgIpc) is 2.12. The van der Waals surface area contributed by atoms with Gasteiger partial charge in [-0.1, -0.05) is 12.8 Å². The second-order valence-electron chi connectivity index (χ2n) is 4.70. The third kappa shape index (κ3) is 1.39. The van der Waals surface area contributed by atoms with Gasteiger partial charge in [0.2, 0.25) is 0 Å². The van der Waals surface area contributed by atoms with E-state index in [1.807, 2.05) is 0 Å². The topological polar surface area (TPSA) is 3.24 Å². The van der Waals surface area contributed by atoms with Crippen molar-refractivity contribution in [2.24, 2.45) is 5.92 Å². The molecule has 0 amide bonds. The van der Waals surface area contributed by atoms with Gasteiger partial charge < -0.3 is 4.90 Å². The predicted octanol–water partition coefficient (Wildman–Crippen LogP) is 2.66. The minimum absolute atomic E-state index is 0.837. The van der Waals surface area contributed by atoms with Gasteiger partial charge in [-0.3, -0.25) is 0 Å². The summed E-state index contributed by atoms with van der Waals surface area (Å²) in [6.07, 6.45) is 8.85. The van der Waals surface area contributed by atoms with Crippen molar-refractivity contribution in [1.82, 2.24) is 4.90 Å². The van der Waals surface area contributed by atoms with E-state index in [1.165, 1.54) is 38.5 Å².